The molecule has 0 aliphatic carbocycles. The lowest BCUT2D eigenvalue weighted by molar-refractivity contribution is -0.133. The van der Waals surface area contributed by atoms with E-state index in [2.05, 4.69) is 60.6 Å². The van der Waals surface area contributed by atoms with Crippen molar-refractivity contribution in [2.75, 3.05) is 6.61 Å². The van der Waals surface area contributed by atoms with Crippen LogP contribution in [0, 0.1) is 0 Å². The van der Waals surface area contributed by atoms with Crippen LogP contribution in [0.25, 0.3) is 0 Å². The Morgan fingerprint density at radius 1 is 0.939 bits per heavy atom. The van der Waals surface area contributed by atoms with Gasteiger partial charge >= 0.3 is 11.9 Å². The smallest absolute Gasteiger partial charge is 0.338 e. The van der Waals surface area contributed by atoms with Gasteiger partial charge in [0, 0.05) is 11.1 Å². The van der Waals surface area contributed by atoms with E-state index >= 15 is 0 Å². The molecule has 0 N–H and O–H groups in total. The number of ether oxygens (including phenoxy) is 2. The molecular formula is C29H38O4. The zero-order chi connectivity index (χ0) is 24.4. The molecule has 0 bridgehead atoms. The lowest BCUT2D eigenvalue weighted by Gasteiger charge is -2.27. The van der Waals surface area contributed by atoms with Crippen molar-refractivity contribution >= 4 is 11.9 Å². The third-order valence-corrected chi connectivity index (χ3v) is 6.25. The first-order valence-electron chi connectivity index (χ1n) is 12.1. The largest absolute Gasteiger partial charge is 0.462 e. The van der Waals surface area contributed by atoms with Crippen LogP contribution >= 0.6 is 0 Å². The average molecular weight is 451 g/mol. The second-order valence-corrected chi connectivity index (χ2v) is 11.1. The van der Waals surface area contributed by atoms with Gasteiger partial charge in [0.25, 0.3) is 0 Å². The summed E-state index contributed by atoms with van der Waals surface area (Å²) in [5.74, 6) is -0.408. The van der Waals surface area contributed by atoms with Crippen molar-refractivity contribution in [3.63, 3.8) is 0 Å². The SMILES string of the molecule is CCCCCCOC(=O)c1ccc(C2C(=O)Oc3c2cc(C(C)(C)C)cc3C(C)(C)C)cc1. The molecule has 4 nitrogen and oxygen atoms in total. The van der Waals surface area contributed by atoms with Crippen molar-refractivity contribution in [1.29, 1.82) is 0 Å². The third kappa shape index (κ3) is 5.66. The standard InChI is InChI=1S/C29H38O4/c1-8-9-10-11-16-32-26(30)20-14-12-19(13-15-20)24-22-17-21(28(2,3)4)18-23(29(5,6)7)25(22)33-27(24)31/h12-15,17-18,24H,8-11,16H2,1-7H3. The summed E-state index contributed by atoms with van der Waals surface area (Å²) in [6.07, 6.45) is 4.25. The number of hydrogen-bond acceptors (Lipinski definition) is 4. The van der Waals surface area contributed by atoms with E-state index in [1.54, 1.807) is 12.1 Å². The molecule has 1 heterocycles. The summed E-state index contributed by atoms with van der Waals surface area (Å²) in [4.78, 5) is 25.4. The molecule has 1 aliphatic rings. The van der Waals surface area contributed by atoms with E-state index in [0.29, 0.717) is 17.9 Å². The second kappa shape index (κ2) is 9.70. The molecule has 0 saturated heterocycles. The first-order valence-corrected chi connectivity index (χ1v) is 12.1. The Bertz CT molecular complexity index is 1000. The predicted octanol–water partition coefficient (Wildman–Crippen LogP) is 7.07. The van der Waals surface area contributed by atoms with Gasteiger partial charge in [-0.3, -0.25) is 4.79 Å². The van der Waals surface area contributed by atoms with Crippen molar-refractivity contribution in [3.8, 4) is 5.75 Å². The first-order chi connectivity index (χ1) is 15.4. The summed E-state index contributed by atoms with van der Waals surface area (Å²) in [6.45, 7) is 15.5. The number of fused-ring (bicyclic) bond motifs is 1. The highest BCUT2D eigenvalue weighted by Crippen LogP contribution is 2.47. The maximum atomic E-state index is 13.0. The second-order valence-electron chi connectivity index (χ2n) is 11.1. The van der Waals surface area contributed by atoms with Gasteiger partial charge in [-0.1, -0.05) is 92.0 Å². The van der Waals surface area contributed by atoms with E-state index in [1.165, 1.54) is 5.56 Å². The lowest BCUT2D eigenvalue weighted by Crippen LogP contribution is -2.17. The van der Waals surface area contributed by atoms with Crippen molar-refractivity contribution in [2.24, 2.45) is 0 Å². The number of rotatable bonds is 7. The number of unbranched alkanes of at least 4 members (excludes halogenated alkanes) is 3. The number of carbonyl (C=O) groups is 2. The van der Waals surface area contributed by atoms with Gasteiger partial charge in [-0.2, -0.15) is 0 Å². The van der Waals surface area contributed by atoms with Crippen LogP contribution in [0.3, 0.4) is 0 Å². The number of esters is 2. The van der Waals surface area contributed by atoms with Gasteiger partial charge in [0.2, 0.25) is 0 Å². The van der Waals surface area contributed by atoms with Crippen molar-refractivity contribution in [1.82, 2.24) is 0 Å². The summed E-state index contributed by atoms with van der Waals surface area (Å²) in [6, 6.07) is 11.5. The molecule has 0 aromatic heterocycles. The van der Waals surface area contributed by atoms with E-state index in [9.17, 15) is 9.59 Å². The molecule has 1 unspecified atom stereocenters. The summed E-state index contributed by atoms with van der Waals surface area (Å²) >= 11 is 0. The van der Waals surface area contributed by atoms with Crippen molar-refractivity contribution < 1.29 is 19.1 Å². The molecule has 0 saturated carbocycles. The zero-order valence-corrected chi connectivity index (χ0v) is 21.2. The van der Waals surface area contributed by atoms with Crippen molar-refractivity contribution in [2.45, 2.75) is 90.9 Å². The molecule has 0 amide bonds. The van der Waals surface area contributed by atoms with Crippen LogP contribution in [-0.4, -0.2) is 18.5 Å². The molecule has 1 aliphatic heterocycles. The highest BCUT2D eigenvalue weighted by atomic mass is 16.5. The minimum Gasteiger partial charge on any atom is -0.462 e. The van der Waals surface area contributed by atoms with Crippen LogP contribution in [0.1, 0.15) is 113 Å². The average Bonchev–Trinajstić information content (AvgIpc) is 3.07. The minimum absolute atomic E-state index is 0.0596. The molecule has 33 heavy (non-hydrogen) atoms. The minimum atomic E-state index is -0.498. The third-order valence-electron chi connectivity index (χ3n) is 6.25. The molecule has 1 atom stereocenters. The van der Waals surface area contributed by atoms with Gasteiger partial charge in [-0.05, 0) is 40.5 Å². The van der Waals surface area contributed by atoms with Gasteiger partial charge in [0.1, 0.15) is 11.7 Å². The first kappa shape index (κ1) is 25.0. The van der Waals surface area contributed by atoms with E-state index in [4.69, 9.17) is 9.47 Å². The monoisotopic (exact) mass is 450 g/mol. The topological polar surface area (TPSA) is 52.6 Å². The van der Waals surface area contributed by atoms with Gasteiger partial charge in [-0.15, -0.1) is 0 Å². The maximum Gasteiger partial charge on any atom is 0.338 e. The molecule has 0 fully saturated rings. The Hall–Kier alpha value is -2.62. The van der Waals surface area contributed by atoms with Crippen LogP contribution in [0.5, 0.6) is 5.75 Å². The fourth-order valence-electron chi connectivity index (χ4n) is 4.16. The Labute approximate surface area is 198 Å². The molecule has 2 aromatic carbocycles. The van der Waals surface area contributed by atoms with E-state index in [-0.39, 0.29) is 22.8 Å². The van der Waals surface area contributed by atoms with E-state index in [0.717, 1.165) is 42.4 Å². The van der Waals surface area contributed by atoms with Crippen LogP contribution in [-0.2, 0) is 20.4 Å². The van der Waals surface area contributed by atoms with Crippen molar-refractivity contribution in [3.05, 3.63) is 64.2 Å². The predicted molar refractivity (Wildman–Crippen MR) is 132 cm³/mol. The Morgan fingerprint density at radius 3 is 2.18 bits per heavy atom. The molecule has 0 radical (unpaired) electrons. The van der Waals surface area contributed by atoms with Gasteiger partial charge in [0.05, 0.1) is 12.2 Å². The molecule has 3 rings (SSSR count). The Morgan fingerprint density at radius 2 is 1.61 bits per heavy atom. The number of benzene rings is 2. The lowest BCUT2D eigenvalue weighted by atomic mass is 9.77. The van der Waals surface area contributed by atoms with Gasteiger partial charge < -0.3 is 9.47 Å². The van der Waals surface area contributed by atoms with Crippen LogP contribution in [0.15, 0.2) is 36.4 Å². The fourth-order valence-corrected chi connectivity index (χ4v) is 4.16. The zero-order valence-electron chi connectivity index (χ0n) is 21.2. The molecular weight excluding hydrogens is 412 g/mol. The summed E-state index contributed by atoms with van der Waals surface area (Å²) < 4.78 is 11.2. The number of carbonyl (C=O) groups excluding carboxylic acids is 2. The summed E-state index contributed by atoms with van der Waals surface area (Å²) in [5, 5.41) is 0. The fraction of sp³-hybridized carbons (Fsp3) is 0.517. The number of hydrogen-bond donors (Lipinski definition) is 0. The van der Waals surface area contributed by atoms with Gasteiger partial charge in [0.15, 0.2) is 0 Å². The van der Waals surface area contributed by atoms with Crippen LogP contribution in [0.2, 0.25) is 0 Å². The van der Waals surface area contributed by atoms with E-state index in [1.807, 2.05) is 12.1 Å². The molecule has 2 aromatic rings. The highest BCUT2D eigenvalue weighted by molar-refractivity contribution is 5.92. The Kier molecular flexibility index (Phi) is 7.36. The Balaban J connectivity index is 1.88. The molecule has 178 valence electrons. The van der Waals surface area contributed by atoms with Crippen LogP contribution < -0.4 is 4.74 Å². The molecule has 4 heteroatoms. The quantitative estimate of drug-likeness (QED) is 0.257. The summed E-state index contributed by atoms with van der Waals surface area (Å²) in [7, 11) is 0. The van der Waals surface area contributed by atoms with Crippen LogP contribution in [0.4, 0.5) is 0 Å². The van der Waals surface area contributed by atoms with E-state index < -0.39 is 5.92 Å². The normalized spacial score (nSPS) is 15.8. The summed E-state index contributed by atoms with van der Waals surface area (Å²) in [5.41, 5.74) is 4.23. The molecule has 0 spiro atoms. The maximum absolute atomic E-state index is 13.0. The van der Waals surface area contributed by atoms with Gasteiger partial charge in [-0.25, -0.2) is 4.79 Å². The highest BCUT2D eigenvalue weighted by Gasteiger charge is 2.39.